The molecule has 0 aliphatic carbocycles. The summed E-state index contributed by atoms with van der Waals surface area (Å²) in [6.45, 7) is 1.96. The number of carboxylic acid groups (broad SMARTS) is 1. The molecule has 0 amide bonds. The zero-order valence-electron chi connectivity index (χ0n) is 8.95. The third-order valence-electron chi connectivity index (χ3n) is 2.43. The maximum atomic E-state index is 11.1. The molecule has 0 radical (unpaired) electrons. The lowest BCUT2D eigenvalue weighted by atomic mass is 10.2. The number of hydrogen-bond donors (Lipinski definition) is 1. The molecule has 1 heterocycles. The van der Waals surface area contributed by atoms with E-state index >= 15 is 0 Å². The van der Waals surface area contributed by atoms with E-state index in [2.05, 4.69) is 31.9 Å². The van der Waals surface area contributed by atoms with Crippen molar-refractivity contribution in [3.63, 3.8) is 0 Å². The molecule has 88 valence electrons. The van der Waals surface area contributed by atoms with E-state index in [1.807, 2.05) is 25.1 Å². The number of nitrogens with zero attached hydrogens (tertiary/aromatic N) is 1. The summed E-state index contributed by atoms with van der Waals surface area (Å²) in [4.78, 5) is 11.1. The lowest BCUT2D eigenvalue weighted by Gasteiger charge is -2.08. The molecule has 0 fully saturated rings. The third-order valence-corrected chi connectivity index (χ3v) is 3.75. The monoisotopic (exact) mass is 357 g/mol. The fourth-order valence-corrected chi connectivity index (χ4v) is 2.26. The number of rotatable bonds is 2. The SMILES string of the molecule is Cc1cc(-n2cc(Br)cc2C(=O)O)ccc1Br. The van der Waals surface area contributed by atoms with Crippen LogP contribution in [0.5, 0.6) is 0 Å². The summed E-state index contributed by atoms with van der Waals surface area (Å²) in [6, 6.07) is 7.29. The van der Waals surface area contributed by atoms with Gasteiger partial charge >= 0.3 is 5.97 Å². The fraction of sp³-hybridized carbons (Fsp3) is 0.0833. The van der Waals surface area contributed by atoms with Crippen molar-refractivity contribution in [1.82, 2.24) is 4.57 Å². The number of carbonyl (C=O) groups is 1. The quantitative estimate of drug-likeness (QED) is 0.881. The molecule has 17 heavy (non-hydrogen) atoms. The molecular formula is C12H9Br2NO2. The number of aromatic nitrogens is 1. The standard InChI is InChI=1S/C12H9Br2NO2/c1-7-4-9(2-3-10(7)14)15-6-8(13)5-11(15)12(16)17/h2-6H,1H3,(H,16,17). The van der Waals surface area contributed by atoms with Gasteiger partial charge in [0.1, 0.15) is 5.69 Å². The summed E-state index contributed by atoms with van der Waals surface area (Å²) in [5.41, 5.74) is 2.12. The normalized spacial score (nSPS) is 10.5. The molecular weight excluding hydrogens is 350 g/mol. The van der Waals surface area contributed by atoms with Gasteiger partial charge in [0, 0.05) is 20.8 Å². The first-order valence-electron chi connectivity index (χ1n) is 4.87. The van der Waals surface area contributed by atoms with Crippen LogP contribution in [0.1, 0.15) is 16.1 Å². The highest BCUT2D eigenvalue weighted by Crippen LogP contribution is 2.23. The smallest absolute Gasteiger partial charge is 0.352 e. The molecule has 3 nitrogen and oxygen atoms in total. The first-order valence-corrected chi connectivity index (χ1v) is 6.45. The Morgan fingerprint density at radius 2 is 2.00 bits per heavy atom. The molecule has 1 aromatic carbocycles. The molecule has 0 saturated carbocycles. The van der Waals surface area contributed by atoms with Gasteiger partial charge in [0.05, 0.1) is 0 Å². The molecule has 0 spiro atoms. The van der Waals surface area contributed by atoms with Crippen LogP contribution >= 0.6 is 31.9 Å². The van der Waals surface area contributed by atoms with Crippen molar-refractivity contribution in [3.05, 3.63) is 50.7 Å². The van der Waals surface area contributed by atoms with Crippen LogP contribution in [0.3, 0.4) is 0 Å². The predicted octanol–water partition coefficient (Wildman–Crippen LogP) is 4.01. The van der Waals surface area contributed by atoms with Gasteiger partial charge in [-0.1, -0.05) is 15.9 Å². The molecule has 2 aromatic rings. The van der Waals surface area contributed by atoms with Crippen molar-refractivity contribution in [1.29, 1.82) is 0 Å². The van der Waals surface area contributed by atoms with Crippen LogP contribution in [-0.4, -0.2) is 15.6 Å². The largest absolute Gasteiger partial charge is 0.477 e. The Kier molecular flexibility index (Phi) is 3.40. The molecule has 1 N–H and O–H groups in total. The molecule has 5 heteroatoms. The minimum atomic E-state index is -0.948. The van der Waals surface area contributed by atoms with Crippen molar-refractivity contribution >= 4 is 37.8 Å². The van der Waals surface area contributed by atoms with E-state index in [0.29, 0.717) is 0 Å². The number of benzene rings is 1. The van der Waals surface area contributed by atoms with Crippen molar-refractivity contribution in [2.24, 2.45) is 0 Å². The van der Waals surface area contributed by atoms with Crippen molar-refractivity contribution in [3.8, 4) is 5.69 Å². The highest BCUT2D eigenvalue weighted by atomic mass is 79.9. The maximum Gasteiger partial charge on any atom is 0.352 e. The summed E-state index contributed by atoms with van der Waals surface area (Å²) in [5, 5.41) is 9.11. The molecule has 2 rings (SSSR count). The lowest BCUT2D eigenvalue weighted by Crippen LogP contribution is -2.05. The topological polar surface area (TPSA) is 42.2 Å². The summed E-state index contributed by atoms with van der Waals surface area (Å²) in [6.07, 6.45) is 1.74. The second-order valence-electron chi connectivity index (χ2n) is 3.65. The van der Waals surface area contributed by atoms with Gasteiger partial charge in [0.25, 0.3) is 0 Å². The molecule has 0 aliphatic rings. The summed E-state index contributed by atoms with van der Waals surface area (Å²) >= 11 is 6.71. The fourth-order valence-electron chi connectivity index (χ4n) is 1.59. The average Bonchev–Trinajstić information content (AvgIpc) is 2.64. The number of aryl methyl sites for hydroxylation is 1. The third kappa shape index (κ3) is 2.45. The van der Waals surface area contributed by atoms with Gasteiger partial charge in [-0.25, -0.2) is 4.79 Å². The molecule has 0 aliphatic heterocycles. The van der Waals surface area contributed by atoms with Crippen LogP contribution in [0.15, 0.2) is 39.4 Å². The Morgan fingerprint density at radius 1 is 1.29 bits per heavy atom. The van der Waals surface area contributed by atoms with Crippen LogP contribution in [0.4, 0.5) is 0 Å². The highest BCUT2D eigenvalue weighted by molar-refractivity contribution is 9.10. The van der Waals surface area contributed by atoms with E-state index in [1.54, 1.807) is 16.8 Å². The Balaban J connectivity index is 2.59. The van der Waals surface area contributed by atoms with Crippen LogP contribution in [0.25, 0.3) is 5.69 Å². The molecule has 0 unspecified atom stereocenters. The molecule has 0 bridgehead atoms. The van der Waals surface area contributed by atoms with E-state index in [0.717, 1.165) is 20.2 Å². The maximum absolute atomic E-state index is 11.1. The van der Waals surface area contributed by atoms with Crippen molar-refractivity contribution in [2.45, 2.75) is 6.92 Å². The zero-order valence-corrected chi connectivity index (χ0v) is 12.1. The van der Waals surface area contributed by atoms with E-state index in [-0.39, 0.29) is 5.69 Å². The first kappa shape index (κ1) is 12.4. The first-order chi connectivity index (χ1) is 7.99. The molecule has 1 aromatic heterocycles. The van der Waals surface area contributed by atoms with Crippen molar-refractivity contribution < 1.29 is 9.90 Å². The van der Waals surface area contributed by atoms with Gasteiger partial charge < -0.3 is 9.67 Å². The van der Waals surface area contributed by atoms with E-state index < -0.39 is 5.97 Å². The van der Waals surface area contributed by atoms with E-state index in [1.165, 1.54) is 0 Å². The molecule has 0 atom stereocenters. The number of carboxylic acids is 1. The lowest BCUT2D eigenvalue weighted by molar-refractivity contribution is 0.0688. The van der Waals surface area contributed by atoms with Gasteiger partial charge in [-0.05, 0) is 52.7 Å². The van der Waals surface area contributed by atoms with Crippen molar-refractivity contribution in [2.75, 3.05) is 0 Å². The summed E-state index contributed by atoms with van der Waals surface area (Å²) in [7, 11) is 0. The Morgan fingerprint density at radius 3 is 2.59 bits per heavy atom. The average molecular weight is 359 g/mol. The highest BCUT2D eigenvalue weighted by Gasteiger charge is 2.13. The zero-order chi connectivity index (χ0) is 12.6. The van der Waals surface area contributed by atoms with Gasteiger partial charge in [-0.3, -0.25) is 0 Å². The van der Waals surface area contributed by atoms with Crippen LogP contribution in [0, 0.1) is 6.92 Å². The number of hydrogen-bond acceptors (Lipinski definition) is 1. The van der Waals surface area contributed by atoms with Gasteiger partial charge in [-0.2, -0.15) is 0 Å². The summed E-state index contributed by atoms with van der Waals surface area (Å²) < 4.78 is 3.39. The van der Waals surface area contributed by atoms with Crippen LogP contribution < -0.4 is 0 Å². The number of halogens is 2. The summed E-state index contributed by atoms with van der Waals surface area (Å²) in [5.74, 6) is -0.948. The van der Waals surface area contributed by atoms with Gasteiger partial charge in [-0.15, -0.1) is 0 Å². The van der Waals surface area contributed by atoms with Crippen LogP contribution in [-0.2, 0) is 0 Å². The molecule has 0 saturated heterocycles. The van der Waals surface area contributed by atoms with Gasteiger partial charge in [0.15, 0.2) is 0 Å². The van der Waals surface area contributed by atoms with E-state index in [4.69, 9.17) is 5.11 Å². The van der Waals surface area contributed by atoms with Crippen LogP contribution in [0.2, 0.25) is 0 Å². The second-order valence-corrected chi connectivity index (χ2v) is 5.42. The second kappa shape index (κ2) is 4.66. The Bertz CT molecular complexity index is 590. The number of aromatic carboxylic acids is 1. The minimum Gasteiger partial charge on any atom is -0.477 e. The van der Waals surface area contributed by atoms with Gasteiger partial charge in [0.2, 0.25) is 0 Å². The Labute approximate surface area is 115 Å². The Hall–Kier alpha value is -1.07. The van der Waals surface area contributed by atoms with E-state index in [9.17, 15) is 4.79 Å². The minimum absolute atomic E-state index is 0.235. The predicted molar refractivity (Wildman–Crippen MR) is 72.9 cm³/mol.